The molecule has 29 heavy (non-hydrogen) atoms. The lowest BCUT2D eigenvalue weighted by Gasteiger charge is -2.24. The Morgan fingerprint density at radius 3 is 2.66 bits per heavy atom. The highest BCUT2D eigenvalue weighted by Gasteiger charge is 2.33. The third-order valence-corrected chi connectivity index (χ3v) is 7.05. The van der Waals surface area contributed by atoms with Gasteiger partial charge in [-0.15, -0.1) is 11.3 Å². The average Bonchev–Trinajstić information content (AvgIpc) is 3.24. The van der Waals surface area contributed by atoms with Crippen LogP contribution >= 0.6 is 38.6 Å². The summed E-state index contributed by atoms with van der Waals surface area (Å²) >= 11 is 6.33. The molecule has 0 fully saturated rings. The van der Waals surface area contributed by atoms with Crippen LogP contribution in [0.25, 0.3) is 6.08 Å². The lowest BCUT2D eigenvalue weighted by atomic mass is 9.96. The van der Waals surface area contributed by atoms with Crippen molar-refractivity contribution >= 4 is 50.6 Å². The van der Waals surface area contributed by atoms with Crippen LogP contribution < -0.4 is 14.9 Å². The summed E-state index contributed by atoms with van der Waals surface area (Å²) < 4.78 is 8.47. The molecule has 1 aromatic carbocycles. The summed E-state index contributed by atoms with van der Waals surface area (Å²) in [5.74, 6) is -0.445. The fourth-order valence-corrected chi connectivity index (χ4v) is 5.76. The van der Waals surface area contributed by atoms with Crippen molar-refractivity contribution < 1.29 is 9.53 Å². The van der Waals surface area contributed by atoms with Crippen LogP contribution in [0.5, 0.6) is 0 Å². The number of esters is 1. The summed E-state index contributed by atoms with van der Waals surface area (Å²) in [6, 6.07) is 12.9. The van der Waals surface area contributed by atoms with Gasteiger partial charge in [-0.05, 0) is 53.5 Å². The van der Waals surface area contributed by atoms with E-state index in [4.69, 9.17) is 4.74 Å². The minimum Gasteiger partial charge on any atom is -0.463 e. The molecule has 1 atom stereocenters. The predicted octanol–water partition coefficient (Wildman–Crippen LogP) is 3.62. The molecule has 0 radical (unpaired) electrons. The van der Waals surface area contributed by atoms with Crippen LogP contribution in [0, 0.1) is 0 Å². The highest BCUT2D eigenvalue weighted by molar-refractivity contribution is 9.11. The number of ether oxygens (including phenoxy) is 1. The summed E-state index contributed by atoms with van der Waals surface area (Å²) in [6.45, 7) is 3.81. The Balaban J connectivity index is 1.96. The molecule has 5 nitrogen and oxygen atoms in total. The van der Waals surface area contributed by atoms with Crippen molar-refractivity contribution in [2.45, 2.75) is 19.9 Å². The number of hydrogen-bond donors (Lipinski definition) is 0. The first-order chi connectivity index (χ1) is 14.0. The molecule has 0 aliphatic carbocycles. The number of thiazole rings is 1. The zero-order valence-electron chi connectivity index (χ0n) is 15.7. The normalized spacial score (nSPS) is 16.5. The zero-order valence-corrected chi connectivity index (χ0v) is 18.9. The number of rotatable bonds is 4. The van der Waals surface area contributed by atoms with Crippen LogP contribution in [-0.2, 0) is 9.53 Å². The number of fused-ring (bicyclic) bond motifs is 1. The maximum absolute atomic E-state index is 13.3. The van der Waals surface area contributed by atoms with E-state index in [1.54, 1.807) is 29.8 Å². The van der Waals surface area contributed by atoms with E-state index in [1.807, 2.05) is 48.5 Å². The maximum atomic E-state index is 13.3. The lowest BCUT2D eigenvalue weighted by Crippen LogP contribution is -2.39. The summed E-state index contributed by atoms with van der Waals surface area (Å²) in [6.07, 6.45) is 1.87. The summed E-state index contributed by atoms with van der Waals surface area (Å²) in [5, 5.41) is 0. The SMILES string of the molecule is CCOC(=O)C1=C(C)N=c2s/c(=C/c3ccc(Br)s3)c(=O)n2C1c1ccccc1. The molecule has 0 saturated heterocycles. The molecular weight excluding hydrogens is 472 g/mol. The number of benzene rings is 1. The van der Waals surface area contributed by atoms with Crippen LogP contribution in [0.4, 0.5) is 0 Å². The van der Waals surface area contributed by atoms with Crippen molar-refractivity contribution in [1.29, 1.82) is 0 Å². The van der Waals surface area contributed by atoms with Gasteiger partial charge in [0.1, 0.15) is 0 Å². The molecule has 0 saturated carbocycles. The van der Waals surface area contributed by atoms with Gasteiger partial charge in [0.25, 0.3) is 5.56 Å². The van der Waals surface area contributed by atoms with E-state index in [0.29, 0.717) is 20.6 Å². The van der Waals surface area contributed by atoms with Gasteiger partial charge in [-0.3, -0.25) is 9.36 Å². The number of halogens is 1. The van der Waals surface area contributed by atoms with Gasteiger partial charge in [0, 0.05) is 4.88 Å². The van der Waals surface area contributed by atoms with Crippen molar-refractivity contribution in [1.82, 2.24) is 4.57 Å². The van der Waals surface area contributed by atoms with E-state index in [9.17, 15) is 9.59 Å². The van der Waals surface area contributed by atoms with Gasteiger partial charge in [-0.2, -0.15) is 0 Å². The zero-order chi connectivity index (χ0) is 20.5. The minimum atomic E-state index is -0.566. The van der Waals surface area contributed by atoms with E-state index in [0.717, 1.165) is 14.2 Å². The van der Waals surface area contributed by atoms with E-state index in [-0.39, 0.29) is 12.2 Å². The van der Waals surface area contributed by atoms with Crippen molar-refractivity contribution in [3.8, 4) is 0 Å². The predicted molar refractivity (Wildman–Crippen MR) is 119 cm³/mol. The molecule has 0 bridgehead atoms. The van der Waals surface area contributed by atoms with Gasteiger partial charge in [0.05, 0.1) is 32.2 Å². The van der Waals surface area contributed by atoms with E-state index < -0.39 is 12.0 Å². The summed E-state index contributed by atoms with van der Waals surface area (Å²) in [7, 11) is 0. The van der Waals surface area contributed by atoms with Crippen molar-refractivity contribution in [3.63, 3.8) is 0 Å². The molecule has 1 aliphatic heterocycles. The molecule has 8 heteroatoms. The highest BCUT2D eigenvalue weighted by atomic mass is 79.9. The van der Waals surface area contributed by atoms with Gasteiger partial charge in [-0.25, -0.2) is 9.79 Å². The van der Waals surface area contributed by atoms with Crippen molar-refractivity contribution in [2.75, 3.05) is 6.61 Å². The molecule has 0 N–H and O–H groups in total. The quantitative estimate of drug-likeness (QED) is 0.526. The van der Waals surface area contributed by atoms with Gasteiger partial charge in [0.15, 0.2) is 4.80 Å². The number of nitrogens with zero attached hydrogens (tertiary/aromatic N) is 2. The number of carbonyl (C=O) groups excluding carboxylic acids is 1. The summed E-state index contributed by atoms with van der Waals surface area (Å²) in [5.41, 5.74) is 1.65. The molecular formula is C21H17BrN2O3S2. The Morgan fingerprint density at radius 2 is 2.00 bits per heavy atom. The van der Waals surface area contributed by atoms with Gasteiger partial charge < -0.3 is 4.74 Å². The smallest absolute Gasteiger partial charge is 0.338 e. The Kier molecular flexibility index (Phi) is 5.67. The molecule has 0 spiro atoms. The number of hydrogen-bond acceptors (Lipinski definition) is 6. The molecule has 148 valence electrons. The minimum absolute atomic E-state index is 0.165. The number of allylic oxidation sites excluding steroid dienone is 1. The molecule has 3 heterocycles. The second kappa shape index (κ2) is 8.22. The monoisotopic (exact) mass is 488 g/mol. The van der Waals surface area contributed by atoms with Crippen LogP contribution in [0.1, 0.15) is 30.3 Å². The lowest BCUT2D eigenvalue weighted by molar-refractivity contribution is -0.139. The molecule has 4 rings (SSSR count). The van der Waals surface area contributed by atoms with Gasteiger partial charge in [0.2, 0.25) is 0 Å². The number of carbonyl (C=O) groups is 1. The topological polar surface area (TPSA) is 60.7 Å². The highest BCUT2D eigenvalue weighted by Crippen LogP contribution is 2.30. The molecule has 1 unspecified atom stereocenters. The maximum Gasteiger partial charge on any atom is 0.338 e. The standard InChI is InChI=1S/C21H17BrN2O3S2/c1-3-27-20(26)17-12(2)23-21-24(18(17)13-7-5-4-6-8-13)19(25)15(29-21)11-14-9-10-16(22)28-14/h4-11,18H,3H2,1-2H3/b15-11+. The van der Waals surface area contributed by atoms with Crippen LogP contribution in [-0.4, -0.2) is 17.1 Å². The second-order valence-electron chi connectivity index (χ2n) is 6.35. The van der Waals surface area contributed by atoms with Crippen LogP contribution in [0.15, 0.2) is 67.3 Å². The molecule has 2 aromatic heterocycles. The largest absolute Gasteiger partial charge is 0.463 e. The van der Waals surface area contributed by atoms with E-state index in [1.165, 1.54) is 11.3 Å². The van der Waals surface area contributed by atoms with E-state index in [2.05, 4.69) is 20.9 Å². The Bertz CT molecular complexity index is 1290. The summed E-state index contributed by atoms with van der Waals surface area (Å²) in [4.78, 5) is 32.2. The first-order valence-corrected chi connectivity index (χ1v) is 11.4. The Morgan fingerprint density at radius 1 is 1.24 bits per heavy atom. The van der Waals surface area contributed by atoms with Crippen molar-refractivity contribution in [2.24, 2.45) is 4.99 Å². The fraction of sp³-hybridized carbons (Fsp3) is 0.190. The molecule has 3 aromatic rings. The van der Waals surface area contributed by atoms with E-state index >= 15 is 0 Å². The molecule has 0 amide bonds. The van der Waals surface area contributed by atoms with Crippen LogP contribution in [0.2, 0.25) is 0 Å². The van der Waals surface area contributed by atoms with Gasteiger partial charge in [-0.1, -0.05) is 41.7 Å². The first-order valence-electron chi connectivity index (χ1n) is 8.99. The first kappa shape index (κ1) is 20.0. The Hall–Kier alpha value is -2.29. The van der Waals surface area contributed by atoms with Crippen molar-refractivity contribution in [3.05, 3.63) is 87.6 Å². The third kappa shape index (κ3) is 3.80. The molecule has 1 aliphatic rings. The third-order valence-electron chi connectivity index (χ3n) is 4.50. The number of aromatic nitrogens is 1. The van der Waals surface area contributed by atoms with Crippen LogP contribution in [0.3, 0.4) is 0 Å². The average molecular weight is 489 g/mol. The number of thiophene rings is 1. The van der Waals surface area contributed by atoms with Gasteiger partial charge >= 0.3 is 5.97 Å². The Labute approximate surface area is 183 Å². The fourth-order valence-electron chi connectivity index (χ4n) is 3.28. The second-order valence-corrected chi connectivity index (χ2v) is 9.86.